The van der Waals surface area contributed by atoms with E-state index < -0.39 is 57.6 Å². The molecule has 1 saturated carbocycles. The minimum Gasteiger partial charge on any atom is -0.444 e. The van der Waals surface area contributed by atoms with Gasteiger partial charge in [0.05, 0.1) is 27.0 Å². The molecule has 2 aliphatic rings. The molecule has 2 amide bonds. The third-order valence-electron chi connectivity index (χ3n) is 7.30. The maximum absolute atomic E-state index is 14.3. The molecule has 0 aromatic heterocycles. The molecule has 3 rings (SSSR count). The van der Waals surface area contributed by atoms with Crippen LogP contribution in [0.25, 0.3) is 0 Å². The third-order valence-corrected chi connectivity index (χ3v) is 8.98. The lowest BCUT2D eigenvalue weighted by Crippen LogP contribution is -2.54. The van der Waals surface area contributed by atoms with Crippen LogP contribution in [0.3, 0.4) is 0 Å². The Morgan fingerprint density at radius 2 is 1.87 bits per heavy atom. The van der Waals surface area contributed by atoms with Gasteiger partial charge in [0.25, 0.3) is 11.6 Å². The SMILES string of the molecule is CCC1(Sc2cc(C(F)(F)F)c(C(=O)N(C(C)C)[C@@H]3CCCN(C(=O)OC(C)(C)C)C3)cc2[N+](=O)[O-])CCC1. The minimum atomic E-state index is -4.90. The van der Waals surface area contributed by atoms with Gasteiger partial charge in [-0.2, -0.15) is 13.2 Å². The summed E-state index contributed by atoms with van der Waals surface area (Å²) in [5.41, 5.74) is -3.16. The number of ether oxygens (including phenoxy) is 1. The second-order valence-corrected chi connectivity index (χ2v) is 13.2. The highest BCUT2D eigenvalue weighted by Crippen LogP contribution is 2.53. The molecule has 12 heteroatoms. The Morgan fingerprint density at radius 3 is 2.33 bits per heavy atom. The normalized spacial score (nSPS) is 19.4. The lowest BCUT2D eigenvalue weighted by Gasteiger charge is -2.42. The second-order valence-electron chi connectivity index (χ2n) is 11.6. The van der Waals surface area contributed by atoms with Crippen molar-refractivity contribution in [2.45, 2.75) is 114 Å². The van der Waals surface area contributed by atoms with Gasteiger partial charge in [-0.1, -0.05) is 13.3 Å². The molecule has 1 aliphatic carbocycles. The molecule has 0 N–H and O–H groups in total. The summed E-state index contributed by atoms with van der Waals surface area (Å²) < 4.78 is 48.1. The summed E-state index contributed by atoms with van der Waals surface area (Å²) in [6, 6.07) is 0.470. The van der Waals surface area contributed by atoms with Crippen LogP contribution in [0, 0.1) is 10.1 Å². The molecular weight excluding hydrogens is 535 g/mol. The highest BCUT2D eigenvalue weighted by Gasteiger charge is 2.44. The Labute approximate surface area is 231 Å². The second kappa shape index (κ2) is 11.5. The van der Waals surface area contributed by atoms with Gasteiger partial charge >= 0.3 is 12.3 Å². The average molecular weight is 574 g/mol. The number of thioether (sulfide) groups is 1. The van der Waals surface area contributed by atoms with Crippen LogP contribution < -0.4 is 0 Å². The van der Waals surface area contributed by atoms with Crippen LogP contribution >= 0.6 is 11.8 Å². The van der Waals surface area contributed by atoms with Gasteiger partial charge < -0.3 is 14.5 Å². The molecule has 1 aromatic rings. The van der Waals surface area contributed by atoms with Crippen molar-refractivity contribution in [2.75, 3.05) is 13.1 Å². The quantitative estimate of drug-likeness (QED) is 0.251. The minimum absolute atomic E-state index is 0.0738. The van der Waals surface area contributed by atoms with E-state index in [1.807, 2.05) is 6.92 Å². The first kappa shape index (κ1) is 31.0. The molecule has 2 fully saturated rings. The number of nitro benzene ring substituents is 1. The molecule has 1 heterocycles. The lowest BCUT2D eigenvalue weighted by atomic mass is 9.82. The van der Waals surface area contributed by atoms with Crippen molar-refractivity contribution < 1.29 is 32.4 Å². The highest BCUT2D eigenvalue weighted by molar-refractivity contribution is 8.00. The summed E-state index contributed by atoms with van der Waals surface area (Å²) in [7, 11) is 0. The van der Waals surface area contributed by atoms with Crippen molar-refractivity contribution in [1.29, 1.82) is 0 Å². The lowest BCUT2D eigenvalue weighted by molar-refractivity contribution is -0.387. The van der Waals surface area contributed by atoms with Gasteiger partial charge in [0.2, 0.25) is 0 Å². The molecule has 1 aromatic carbocycles. The van der Waals surface area contributed by atoms with E-state index in [1.54, 1.807) is 34.6 Å². The van der Waals surface area contributed by atoms with E-state index in [-0.39, 0.29) is 16.2 Å². The fraction of sp³-hybridized carbons (Fsp3) is 0.704. The van der Waals surface area contributed by atoms with Gasteiger partial charge in [0.1, 0.15) is 5.60 Å². The first-order valence-corrected chi connectivity index (χ1v) is 14.2. The van der Waals surface area contributed by atoms with Gasteiger partial charge in [-0.15, -0.1) is 11.8 Å². The van der Waals surface area contributed by atoms with Crippen molar-refractivity contribution in [3.8, 4) is 0 Å². The summed E-state index contributed by atoms with van der Waals surface area (Å²) >= 11 is 1.11. The predicted octanol–water partition coefficient (Wildman–Crippen LogP) is 7.29. The van der Waals surface area contributed by atoms with E-state index in [0.29, 0.717) is 25.8 Å². The number of benzene rings is 1. The Morgan fingerprint density at radius 1 is 1.23 bits per heavy atom. The van der Waals surface area contributed by atoms with E-state index in [9.17, 15) is 32.9 Å². The largest absolute Gasteiger partial charge is 0.444 e. The molecule has 0 unspecified atom stereocenters. The van der Waals surface area contributed by atoms with E-state index in [2.05, 4.69) is 0 Å². The number of carbonyl (C=O) groups is 2. The molecule has 0 radical (unpaired) electrons. The van der Waals surface area contributed by atoms with Crippen LogP contribution in [0.1, 0.15) is 96.0 Å². The zero-order valence-electron chi connectivity index (χ0n) is 23.4. The summed E-state index contributed by atoms with van der Waals surface area (Å²) in [4.78, 5) is 40.5. The number of piperidine rings is 1. The van der Waals surface area contributed by atoms with Gasteiger partial charge in [-0.05, 0) is 72.8 Å². The first-order chi connectivity index (χ1) is 18.0. The van der Waals surface area contributed by atoms with Crippen molar-refractivity contribution >= 4 is 29.4 Å². The molecule has 39 heavy (non-hydrogen) atoms. The van der Waals surface area contributed by atoms with E-state index >= 15 is 0 Å². The molecule has 218 valence electrons. The summed E-state index contributed by atoms with van der Waals surface area (Å²) in [6.07, 6.45) is -1.32. The van der Waals surface area contributed by atoms with Crippen LogP contribution in [0.5, 0.6) is 0 Å². The monoisotopic (exact) mass is 573 g/mol. The van der Waals surface area contributed by atoms with Gasteiger partial charge in [-0.3, -0.25) is 14.9 Å². The Balaban J connectivity index is 2.02. The van der Waals surface area contributed by atoms with E-state index in [0.717, 1.165) is 43.2 Å². The van der Waals surface area contributed by atoms with Crippen molar-refractivity contribution in [3.05, 3.63) is 33.4 Å². The zero-order valence-corrected chi connectivity index (χ0v) is 24.2. The highest BCUT2D eigenvalue weighted by atomic mass is 32.2. The van der Waals surface area contributed by atoms with Gasteiger partial charge in [0, 0.05) is 29.9 Å². The number of nitrogens with zero attached hydrogens (tertiary/aromatic N) is 3. The van der Waals surface area contributed by atoms with E-state index in [4.69, 9.17) is 4.74 Å². The molecule has 0 bridgehead atoms. The number of hydrogen-bond donors (Lipinski definition) is 0. The number of nitro groups is 1. The van der Waals surface area contributed by atoms with Crippen molar-refractivity contribution in [2.24, 2.45) is 0 Å². The number of halogens is 3. The Hall–Kier alpha value is -2.50. The zero-order chi connectivity index (χ0) is 29.3. The maximum atomic E-state index is 14.3. The average Bonchev–Trinajstić information content (AvgIpc) is 2.79. The summed E-state index contributed by atoms with van der Waals surface area (Å²) in [6.45, 7) is 11.0. The fourth-order valence-corrected chi connectivity index (χ4v) is 6.69. The molecule has 1 atom stereocenters. The van der Waals surface area contributed by atoms with Gasteiger partial charge in [-0.25, -0.2) is 4.79 Å². The first-order valence-electron chi connectivity index (χ1n) is 13.4. The number of likely N-dealkylation sites (tertiary alicyclic amines) is 1. The molecule has 0 spiro atoms. The van der Waals surface area contributed by atoms with E-state index in [1.165, 1.54) is 9.80 Å². The molecular formula is C27H38F3N3O5S. The van der Waals surface area contributed by atoms with Crippen LogP contribution in [0.4, 0.5) is 23.7 Å². The smallest absolute Gasteiger partial charge is 0.417 e. The molecule has 1 saturated heterocycles. The topological polar surface area (TPSA) is 93.0 Å². The number of amides is 2. The molecule has 8 nitrogen and oxygen atoms in total. The van der Waals surface area contributed by atoms with Crippen LogP contribution in [0.15, 0.2) is 17.0 Å². The maximum Gasteiger partial charge on any atom is 0.417 e. The van der Waals surface area contributed by atoms with Crippen molar-refractivity contribution in [1.82, 2.24) is 9.80 Å². The number of hydrogen-bond acceptors (Lipinski definition) is 6. The standard InChI is InChI=1S/C27H38F3N3O5S/c1-7-26(11-9-12-26)39-22-15-20(27(28,29)30)19(14-21(22)33(36)37)23(34)32(17(2)3)18-10-8-13-31(16-18)24(35)38-25(4,5)6/h14-15,17-18H,7-13,16H2,1-6H3/t18-/m1/s1. The predicted molar refractivity (Wildman–Crippen MR) is 143 cm³/mol. The number of alkyl halides is 3. The summed E-state index contributed by atoms with van der Waals surface area (Å²) in [5.74, 6) is -0.943. The number of rotatable bonds is 7. The fourth-order valence-electron chi connectivity index (χ4n) is 5.17. The summed E-state index contributed by atoms with van der Waals surface area (Å²) in [5, 5.41) is 12.0. The third kappa shape index (κ3) is 7.18. The molecule has 1 aliphatic heterocycles. The van der Waals surface area contributed by atoms with Gasteiger partial charge in [0.15, 0.2) is 0 Å². The van der Waals surface area contributed by atoms with Crippen LogP contribution in [0.2, 0.25) is 0 Å². The Bertz CT molecular complexity index is 1090. The Kier molecular flexibility index (Phi) is 9.19. The van der Waals surface area contributed by atoms with Crippen molar-refractivity contribution in [3.63, 3.8) is 0 Å². The van der Waals surface area contributed by atoms with Crippen LogP contribution in [-0.2, 0) is 10.9 Å². The van der Waals surface area contributed by atoms with Crippen LogP contribution in [-0.4, -0.2) is 62.2 Å². The number of carbonyl (C=O) groups excluding carboxylic acids is 2.